The van der Waals surface area contributed by atoms with Gasteiger partial charge in [0.15, 0.2) is 0 Å². The Balaban J connectivity index is 1.85. The molecular formula is C29H24ClN3O5. The molecule has 1 aliphatic heterocycles. The lowest BCUT2D eigenvalue weighted by molar-refractivity contribution is -0.139. The maximum atomic E-state index is 13.2. The Morgan fingerprint density at radius 1 is 0.974 bits per heavy atom. The van der Waals surface area contributed by atoms with Crippen LogP contribution in [0.1, 0.15) is 17.0 Å². The fraction of sp³-hybridized carbons (Fsp3) is 0.138. The van der Waals surface area contributed by atoms with Crippen LogP contribution in [0, 0.1) is 11.3 Å². The van der Waals surface area contributed by atoms with Gasteiger partial charge in [0, 0.05) is 10.7 Å². The normalized spacial score (nSPS) is 15.1. The number of carbonyl (C=O) groups is 2. The van der Waals surface area contributed by atoms with Crippen molar-refractivity contribution in [1.29, 1.82) is 5.26 Å². The molecule has 0 aromatic heterocycles. The van der Waals surface area contributed by atoms with Gasteiger partial charge >= 0.3 is 11.9 Å². The highest BCUT2D eigenvalue weighted by Gasteiger charge is 2.43. The van der Waals surface area contributed by atoms with Crippen LogP contribution in [-0.4, -0.2) is 26.2 Å². The van der Waals surface area contributed by atoms with E-state index < -0.39 is 17.9 Å². The quantitative estimate of drug-likeness (QED) is 0.433. The largest absolute Gasteiger partial charge is 0.489 e. The first-order valence-electron chi connectivity index (χ1n) is 11.5. The van der Waals surface area contributed by atoms with Crippen LogP contribution in [-0.2, 0) is 25.7 Å². The van der Waals surface area contributed by atoms with E-state index in [-0.39, 0.29) is 29.3 Å². The summed E-state index contributed by atoms with van der Waals surface area (Å²) in [4.78, 5) is 27.7. The van der Waals surface area contributed by atoms with E-state index in [1.165, 1.54) is 19.1 Å². The molecule has 0 saturated carbocycles. The number of ether oxygens (including phenoxy) is 3. The second-order valence-electron chi connectivity index (χ2n) is 8.25. The zero-order chi connectivity index (χ0) is 27.2. The second-order valence-corrected chi connectivity index (χ2v) is 8.68. The van der Waals surface area contributed by atoms with Gasteiger partial charge in [0.25, 0.3) is 0 Å². The summed E-state index contributed by atoms with van der Waals surface area (Å²) in [5.41, 5.74) is 8.22. The zero-order valence-corrected chi connectivity index (χ0v) is 21.4. The van der Waals surface area contributed by atoms with Crippen molar-refractivity contribution in [3.05, 3.63) is 118 Å². The number of nitriles is 1. The van der Waals surface area contributed by atoms with E-state index in [1.807, 2.05) is 6.07 Å². The van der Waals surface area contributed by atoms with Gasteiger partial charge in [-0.05, 0) is 47.5 Å². The zero-order valence-electron chi connectivity index (χ0n) is 20.7. The van der Waals surface area contributed by atoms with Crippen molar-refractivity contribution in [3.8, 4) is 11.8 Å². The van der Waals surface area contributed by atoms with E-state index in [2.05, 4.69) is 6.07 Å². The number of nitrogens with two attached hydrogens (primary N) is 1. The van der Waals surface area contributed by atoms with Crippen molar-refractivity contribution in [2.75, 3.05) is 19.1 Å². The monoisotopic (exact) mass is 529 g/mol. The number of methoxy groups -OCH3 is 2. The molecule has 0 bridgehead atoms. The van der Waals surface area contributed by atoms with Crippen molar-refractivity contribution >= 4 is 29.2 Å². The number of carbonyl (C=O) groups excluding carboxylic acids is 2. The third-order valence-corrected chi connectivity index (χ3v) is 6.25. The van der Waals surface area contributed by atoms with Crippen molar-refractivity contribution in [2.45, 2.75) is 12.5 Å². The molecule has 3 aromatic rings. The Morgan fingerprint density at radius 2 is 1.66 bits per heavy atom. The number of esters is 2. The van der Waals surface area contributed by atoms with E-state index in [1.54, 1.807) is 72.8 Å². The van der Waals surface area contributed by atoms with Crippen LogP contribution in [0.4, 0.5) is 5.69 Å². The number of rotatable bonds is 7. The predicted molar refractivity (Wildman–Crippen MR) is 142 cm³/mol. The minimum absolute atomic E-state index is 0.00910. The fourth-order valence-electron chi connectivity index (χ4n) is 4.26. The first-order valence-corrected chi connectivity index (χ1v) is 11.9. The number of allylic oxidation sites excluding steroid dienone is 1. The molecule has 38 heavy (non-hydrogen) atoms. The van der Waals surface area contributed by atoms with Crippen LogP contribution in [0.3, 0.4) is 0 Å². The number of hydrogen-bond donors (Lipinski definition) is 1. The fourth-order valence-corrected chi connectivity index (χ4v) is 4.39. The van der Waals surface area contributed by atoms with E-state index in [0.29, 0.717) is 22.0 Å². The molecule has 9 heteroatoms. The van der Waals surface area contributed by atoms with Crippen LogP contribution in [0.2, 0.25) is 5.02 Å². The lowest BCUT2D eigenvalue weighted by Crippen LogP contribution is -2.40. The molecule has 0 aliphatic carbocycles. The molecule has 0 spiro atoms. The van der Waals surface area contributed by atoms with Crippen LogP contribution in [0.15, 0.2) is 102 Å². The lowest BCUT2D eigenvalue weighted by atomic mass is 9.81. The average molecular weight is 530 g/mol. The van der Waals surface area contributed by atoms with E-state index in [4.69, 9.17) is 31.5 Å². The highest BCUT2D eigenvalue weighted by Crippen LogP contribution is 2.43. The third kappa shape index (κ3) is 5.19. The van der Waals surface area contributed by atoms with E-state index >= 15 is 0 Å². The molecule has 0 radical (unpaired) electrons. The summed E-state index contributed by atoms with van der Waals surface area (Å²) < 4.78 is 16.0. The number of anilines is 1. The molecule has 1 atom stereocenters. The highest BCUT2D eigenvalue weighted by molar-refractivity contribution is 6.30. The molecule has 192 valence electrons. The average Bonchev–Trinajstić information content (AvgIpc) is 2.95. The van der Waals surface area contributed by atoms with Crippen molar-refractivity contribution < 1.29 is 23.8 Å². The maximum absolute atomic E-state index is 13.2. The van der Waals surface area contributed by atoms with Gasteiger partial charge in [-0.1, -0.05) is 54.1 Å². The van der Waals surface area contributed by atoms with Gasteiger partial charge in [0.2, 0.25) is 0 Å². The summed E-state index contributed by atoms with van der Waals surface area (Å²) in [5, 5.41) is 10.8. The summed E-state index contributed by atoms with van der Waals surface area (Å²) in [6, 6.07) is 25.0. The minimum Gasteiger partial charge on any atom is -0.489 e. The van der Waals surface area contributed by atoms with Crippen molar-refractivity contribution in [1.82, 2.24) is 0 Å². The molecule has 0 amide bonds. The molecule has 0 fully saturated rings. The van der Waals surface area contributed by atoms with E-state index in [0.717, 1.165) is 5.56 Å². The van der Waals surface area contributed by atoms with Crippen LogP contribution in [0.5, 0.6) is 5.75 Å². The third-order valence-electron chi connectivity index (χ3n) is 6.00. The summed E-state index contributed by atoms with van der Waals surface area (Å²) in [7, 11) is 2.41. The molecule has 2 N–H and O–H groups in total. The van der Waals surface area contributed by atoms with Gasteiger partial charge in [-0.2, -0.15) is 5.26 Å². The van der Waals surface area contributed by atoms with Gasteiger partial charge in [-0.15, -0.1) is 0 Å². The van der Waals surface area contributed by atoms with Crippen LogP contribution >= 0.6 is 11.6 Å². The first kappa shape index (κ1) is 26.3. The standard InChI is InChI=1S/C29H24ClN3O5/c1-36-28(34)25-24(19-8-4-3-5-9-19)23(16-31)27(32)33(26(25)29(35)37-2)21-10-6-7-18(15-21)17-38-22-13-11-20(30)12-14-22/h3-15,24H,17,32H2,1-2H3. The first-order chi connectivity index (χ1) is 18.4. The molecule has 1 unspecified atom stereocenters. The Hall–Kier alpha value is -4.74. The molecule has 8 nitrogen and oxygen atoms in total. The Bertz CT molecular complexity index is 1460. The SMILES string of the molecule is COC(=O)C1=C(C(=O)OC)N(c2cccc(COc3ccc(Cl)cc3)c2)C(N)=C(C#N)C1c1ccccc1. The van der Waals surface area contributed by atoms with Crippen molar-refractivity contribution in [3.63, 3.8) is 0 Å². The number of benzene rings is 3. The molecular weight excluding hydrogens is 506 g/mol. The molecule has 1 heterocycles. The summed E-state index contributed by atoms with van der Waals surface area (Å²) in [6.45, 7) is 0.200. The summed E-state index contributed by atoms with van der Waals surface area (Å²) in [5.74, 6) is -1.92. The molecule has 3 aromatic carbocycles. The number of nitrogens with zero attached hydrogens (tertiary/aromatic N) is 2. The molecule has 4 rings (SSSR count). The Morgan fingerprint density at radius 3 is 2.29 bits per heavy atom. The molecule has 0 saturated heterocycles. The number of halogens is 1. The van der Waals surface area contributed by atoms with Crippen LogP contribution in [0.25, 0.3) is 0 Å². The predicted octanol–water partition coefficient (Wildman–Crippen LogP) is 4.82. The maximum Gasteiger partial charge on any atom is 0.355 e. The van der Waals surface area contributed by atoms with Gasteiger partial charge in [-0.25, -0.2) is 9.59 Å². The van der Waals surface area contributed by atoms with Gasteiger partial charge in [0.05, 0.1) is 37.4 Å². The Kier molecular flexibility index (Phi) is 8.00. The summed E-state index contributed by atoms with van der Waals surface area (Å²) >= 11 is 5.94. The van der Waals surface area contributed by atoms with Gasteiger partial charge in [-0.3, -0.25) is 4.90 Å². The lowest BCUT2D eigenvalue weighted by Gasteiger charge is -2.36. The van der Waals surface area contributed by atoms with Gasteiger partial charge in [0.1, 0.15) is 23.9 Å². The van der Waals surface area contributed by atoms with Crippen LogP contribution < -0.4 is 15.4 Å². The molecule has 1 aliphatic rings. The Labute approximate surface area is 225 Å². The summed E-state index contributed by atoms with van der Waals surface area (Å²) in [6.07, 6.45) is 0. The smallest absolute Gasteiger partial charge is 0.355 e. The second kappa shape index (κ2) is 11.5. The highest BCUT2D eigenvalue weighted by atomic mass is 35.5. The van der Waals surface area contributed by atoms with E-state index in [9.17, 15) is 14.9 Å². The minimum atomic E-state index is -0.935. The topological polar surface area (TPSA) is 115 Å². The number of hydrogen-bond acceptors (Lipinski definition) is 8. The van der Waals surface area contributed by atoms with Gasteiger partial charge < -0.3 is 19.9 Å². The van der Waals surface area contributed by atoms with Crippen molar-refractivity contribution in [2.24, 2.45) is 5.73 Å².